The fourth-order valence-electron chi connectivity index (χ4n) is 3.45. The van der Waals surface area contributed by atoms with Gasteiger partial charge in [0.1, 0.15) is 0 Å². The van der Waals surface area contributed by atoms with Gasteiger partial charge in [0.15, 0.2) is 5.96 Å². The normalized spacial score (nSPS) is 22.0. The molecule has 24 heavy (non-hydrogen) atoms. The maximum atomic E-state index is 4.28. The van der Waals surface area contributed by atoms with Crippen molar-refractivity contribution in [3.05, 3.63) is 22.4 Å². The predicted octanol–water partition coefficient (Wildman–Crippen LogP) is 3.79. The van der Waals surface area contributed by atoms with Crippen molar-refractivity contribution in [2.75, 3.05) is 33.2 Å². The Labute approximate surface area is 168 Å². The Hall–Kier alpha value is -0.340. The van der Waals surface area contributed by atoms with Gasteiger partial charge in [-0.1, -0.05) is 19.9 Å². The summed E-state index contributed by atoms with van der Waals surface area (Å²) < 4.78 is 0. The molecule has 0 amide bonds. The van der Waals surface area contributed by atoms with Crippen molar-refractivity contribution in [2.45, 2.75) is 39.7 Å². The predicted molar refractivity (Wildman–Crippen MR) is 117 cm³/mol. The van der Waals surface area contributed by atoms with Crippen LogP contribution in [0.15, 0.2) is 22.5 Å². The second-order valence-corrected chi connectivity index (χ2v) is 7.88. The number of hydrogen-bond donors (Lipinski definition) is 2. The Morgan fingerprint density at radius 1 is 1.25 bits per heavy atom. The molecule has 1 aliphatic heterocycles. The Kier molecular flexibility index (Phi) is 10.9. The van der Waals surface area contributed by atoms with Crippen molar-refractivity contribution >= 4 is 41.3 Å². The number of hydrogen-bond acceptors (Lipinski definition) is 3. The highest BCUT2D eigenvalue weighted by Crippen LogP contribution is 2.20. The maximum Gasteiger partial charge on any atom is 0.191 e. The standard InChI is InChI=1S/C18H32N4S.HI/c1-15-11-16(2)14-22(13-15)9-5-4-8-20-18(19-3)21-12-17-7-6-10-23-17;/h6-7,10,15-16H,4-5,8-9,11-14H2,1-3H3,(H2,19,20,21);1H. The van der Waals surface area contributed by atoms with Crippen LogP contribution in [0.5, 0.6) is 0 Å². The number of likely N-dealkylation sites (tertiary alicyclic amines) is 1. The lowest BCUT2D eigenvalue weighted by atomic mass is 9.92. The number of nitrogens with zero attached hydrogens (tertiary/aromatic N) is 2. The van der Waals surface area contributed by atoms with E-state index in [9.17, 15) is 0 Å². The minimum atomic E-state index is 0. The second-order valence-electron chi connectivity index (χ2n) is 6.84. The third kappa shape index (κ3) is 8.16. The zero-order chi connectivity index (χ0) is 16.5. The van der Waals surface area contributed by atoms with Crippen LogP contribution in [0.3, 0.4) is 0 Å². The highest BCUT2D eigenvalue weighted by Gasteiger charge is 2.20. The molecule has 2 unspecified atom stereocenters. The Morgan fingerprint density at radius 3 is 2.62 bits per heavy atom. The van der Waals surface area contributed by atoms with E-state index >= 15 is 0 Å². The lowest BCUT2D eigenvalue weighted by molar-refractivity contribution is 0.139. The average molecular weight is 464 g/mol. The van der Waals surface area contributed by atoms with E-state index in [0.29, 0.717) is 0 Å². The molecule has 4 nitrogen and oxygen atoms in total. The smallest absolute Gasteiger partial charge is 0.191 e. The summed E-state index contributed by atoms with van der Waals surface area (Å²) in [7, 11) is 1.83. The third-order valence-corrected chi connectivity index (χ3v) is 5.25. The van der Waals surface area contributed by atoms with Gasteiger partial charge in [-0.05, 0) is 49.1 Å². The lowest BCUT2D eigenvalue weighted by Gasteiger charge is -2.34. The van der Waals surface area contributed by atoms with Crippen LogP contribution in [-0.4, -0.2) is 44.1 Å². The van der Waals surface area contributed by atoms with Crippen LogP contribution in [0.4, 0.5) is 0 Å². The average Bonchev–Trinajstić information content (AvgIpc) is 3.02. The van der Waals surface area contributed by atoms with Crippen molar-refractivity contribution in [1.29, 1.82) is 0 Å². The molecule has 2 N–H and O–H groups in total. The zero-order valence-corrected chi connectivity index (χ0v) is 18.4. The summed E-state index contributed by atoms with van der Waals surface area (Å²) in [6, 6.07) is 4.23. The molecule has 0 aliphatic carbocycles. The number of piperidine rings is 1. The molecule has 2 heterocycles. The highest BCUT2D eigenvalue weighted by atomic mass is 127. The number of aliphatic imine (C=N–C) groups is 1. The molecule has 138 valence electrons. The molecule has 1 fully saturated rings. The summed E-state index contributed by atoms with van der Waals surface area (Å²) in [6.45, 7) is 10.4. The van der Waals surface area contributed by atoms with E-state index < -0.39 is 0 Å². The van der Waals surface area contributed by atoms with Crippen molar-refractivity contribution in [3.63, 3.8) is 0 Å². The van der Waals surface area contributed by atoms with Crippen LogP contribution in [0.2, 0.25) is 0 Å². The minimum absolute atomic E-state index is 0. The Balaban J connectivity index is 0.00000288. The fourth-order valence-corrected chi connectivity index (χ4v) is 4.09. The van der Waals surface area contributed by atoms with Crippen molar-refractivity contribution in [1.82, 2.24) is 15.5 Å². The van der Waals surface area contributed by atoms with Gasteiger partial charge >= 0.3 is 0 Å². The van der Waals surface area contributed by atoms with Gasteiger partial charge in [-0.15, -0.1) is 35.3 Å². The van der Waals surface area contributed by atoms with Crippen LogP contribution >= 0.6 is 35.3 Å². The molecule has 1 aromatic rings. The summed E-state index contributed by atoms with van der Waals surface area (Å²) in [5, 5.41) is 8.88. The van der Waals surface area contributed by atoms with E-state index in [1.807, 2.05) is 7.05 Å². The third-order valence-electron chi connectivity index (χ3n) is 4.37. The first-order chi connectivity index (χ1) is 11.2. The van der Waals surface area contributed by atoms with E-state index in [1.165, 1.54) is 43.8 Å². The van der Waals surface area contributed by atoms with Crippen molar-refractivity contribution < 1.29 is 0 Å². The number of nitrogens with one attached hydrogen (secondary N) is 2. The van der Waals surface area contributed by atoms with E-state index in [2.05, 4.69) is 51.9 Å². The van der Waals surface area contributed by atoms with Gasteiger partial charge in [0.25, 0.3) is 0 Å². The second kappa shape index (κ2) is 12.1. The first-order valence-electron chi connectivity index (χ1n) is 8.86. The van der Waals surface area contributed by atoms with E-state index in [4.69, 9.17) is 0 Å². The minimum Gasteiger partial charge on any atom is -0.356 e. The van der Waals surface area contributed by atoms with Gasteiger partial charge in [-0.25, -0.2) is 0 Å². The Morgan fingerprint density at radius 2 is 2.00 bits per heavy atom. The van der Waals surface area contributed by atoms with Gasteiger partial charge < -0.3 is 15.5 Å². The molecular formula is C18H33IN4S. The number of guanidine groups is 1. The van der Waals surface area contributed by atoms with Crippen LogP contribution in [0, 0.1) is 11.8 Å². The van der Waals surface area contributed by atoms with Gasteiger partial charge in [0, 0.05) is 31.6 Å². The van der Waals surface area contributed by atoms with Gasteiger partial charge in [-0.2, -0.15) is 0 Å². The first-order valence-corrected chi connectivity index (χ1v) is 9.74. The lowest BCUT2D eigenvalue weighted by Crippen LogP contribution is -2.40. The molecule has 0 bridgehead atoms. The summed E-state index contributed by atoms with van der Waals surface area (Å²) in [6.07, 6.45) is 3.84. The molecule has 1 saturated heterocycles. The Bertz CT molecular complexity index is 454. The van der Waals surface area contributed by atoms with Gasteiger partial charge in [0.2, 0.25) is 0 Å². The summed E-state index contributed by atoms with van der Waals surface area (Å²) in [5.74, 6) is 2.62. The number of unbranched alkanes of at least 4 members (excludes halogenated alkanes) is 1. The molecule has 2 rings (SSSR count). The maximum absolute atomic E-state index is 4.28. The summed E-state index contributed by atoms with van der Waals surface area (Å²) >= 11 is 1.77. The van der Waals surface area contributed by atoms with Gasteiger partial charge in [-0.3, -0.25) is 4.99 Å². The monoisotopic (exact) mass is 464 g/mol. The molecule has 1 aromatic heterocycles. The van der Waals surface area contributed by atoms with Crippen LogP contribution in [0.25, 0.3) is 0 Å². The van der Waals surface area contributed by atoms with Crippen LogP contribution in [-0.2, 0) is 6.54 Å². The van der Waals surface area contributed by atoms with E-state index in [-0.39, 0.29) is 24.0 Å². The molecule has 6 heteroatoms. The molecule has 0 saturated carbocycles. The topological polar surface area (TPSA) is 39.7 Å². The zero-order valence-electron chi connectivity index (χ0n) is 15.3. The molecule has 0 aromatic carbocycles. The molecule has 1 aliphatic rings. The first kappa shape index (κ1) is 21.7. The van der Waals surface area contributed by atoms with Crippen LogP contribution < -0.4 is 10.6 Å². The quantitative estimate of drug-likeness (QED) is 0.279. The molecule has 0 spiro atoms. The van der Waals surface area contributed by atoms with E-state index in [1.54, 1.807) is 11.3 Å². The molecule has 0 radical (unpaired) electrons. The van der Waals surface area contributed by atoms with Crippen LogP contribution in [0.1, 0.15) is 38.0 Å². The fraction of sp³-hybridized carbons (Fsp3) is 0.722. The number of rotatable bonds is 7. The molecule has 2 atom stereocenters. The van der Waals surface area contributed by atoms with Crippen molar-refractivity contribution in [3.8, 4) is 0 Å². The summed E-state index contributed by atoms with van der Waals surface area (Å²) in [4.78, 5) is 8.26. The molecular weight excluding hydrogens is 431 g/mol. The summed E-state index contributed by atoms with van der Waals surface area (Å²) in [5.41, 5.74) is 0. The largest absolute Gasteiger partial charge is 0.356 e. The highest BCUT2D eigenvalue weighted by molar-refractivity contribution is 14.0. The van der Waals surface area contributed by atoms with E-state index in [0.717, 1.165) is 30.9 Å². The van der Waals surface area contributed by atoms with Gasteiger partial charge in [0.05, 0.1) is 6.54 Å². The number of thiophene rings is 1. The number of halogens is 1. The van der Waals surface area contributed by atoms with Crippen molar-refractivity contribution in [2.24, 2.45) is 16.8 Å². The SMILES string of the molecule is CN=C(NCCCCN1CC(C)CC(C)C1)NCc1cccs1.I.